The molecule has 0 spiro atoms. The molecule has 3 amide bonds. The predicted octanol–water partition coefficient (Wildman–Crippen LogP) is 3.26. The number of nitrogens with zero attached hydrogens (tertiary/aromatic N) is 3. The lowest BCUT2D eigenvalue weighted by Crippen LogP contribution is -2.51. The second kappa shape index (κ2) is 15.4. The Morgan fingerprint density at radius 2 is 1.72 bits per heavy atom. The highest BCUT2D eigenvalue weighted by Crippen LogP contribution is 2.21. The van der Waals surface area contributed by atoms with Gasteiger partial charge in [-0.15, -0.1) is 11.3 Å². The third-order valence-corrected chi connectivity index (χ3v) is 8.85. The first-order chi connectivity index (χ1) is 22.4. The number of aromatic nitrogens is 2. The van der Waals surface area contributed by atoms with Gasteiger partial charge in [0.25, 0.3) is 0 Å². The number of thiazole rings is 1. The maximum absolute atomic E-state index is 13.3. The van der Waals surface area contributed by atoms with E-state index >= 15 is 0 Å². The van der Waals surface area contributed by atoms with Gasteiger partial charge in [-0.3, -0.25) is 24.2 Å². The van der Waals surface area contributed by atoms with E-state index in [-0.39, 0.29) is 37.5 Å². The van der Waals surface area contributed by atoms with Crippen molar-refractivity contribution in [1.82, 2.24) is 30.8 Å². The first-order valence-electron chi connectivity index (χ1n) is 15.5. The number of nitrogens with one attached hydrogen (secondary N) is 4. The number of hydrogen-bond donors (Lipinski definition) is 4. The third-order valence-electron chi connectivity index (χ3n) is 8.06. The van der Waals surface area contributed by atoms with Crippen molar-refractivity contribution in [2.24, 2.45) is 4.99 Å². The molecule has 5 rings (SSSR count). The van der Waals surface area contributed by atoms with E-state index in [1.807, 2.05) is 54.7 Å². The Morgan fingerprint density at radius 1 is 0.978 bits per heavy atom. The molecule has 2 unspecified atom stereocenters. The van der Waals surface area contributed by atoms with E-state index in [0.717, 1.165) is 59.4 Å². The van der Waals surface area contributed by atoms with Gasteiger partial charge >= 0.3 is 0 Å². The van der Waals surface area contributed by atoms with Gasteiger partial charge in [0, 0.05) is 73.6 Å². The van der Waals surface area contributed by atoms with Crippen molar-refractivity contribution in [3.8, 4) is 0 Å². The summed E-state index contributed by atoms with van der Waals surface area (Å²) in [6.07, 6.45) is 6.38. The molecule has 240 valence electrons. The number of Topliss-reactive ketones (excluding diaryl/α,β-unsaturated/α-hetero) is 1. The molecule has 4 N–H and O–H groups in total. The molecule has 1 fully saturated rings. The highest BCUT2D eigenvalue weighted by atomic mass is 32.1. The summed E-state index contributed by atoms with van der Waals surface area (Å²) < 4.78 is 0. The Hall–Kier alpha value is -4.84. The van der Waals surface area contributed by atoms with Gasteiger partial charge in [-0.2, -0.15) is 0 Å². The van der Waals surface area contributed by atoms with E-state index in [9.17, 15) is 19.2 Å². The lowest BCUT2D eigenvalue weighted by Gasteiger charge is -2.21. The minimum Gasteiger partial charge on any atom is -0.361 e. The van der Waals surface area contributed by atoms with Crippen molar-refractivity contribution in [2.45, 2.75) is 51.1 Å². The quantitative estimate of drug-likeness (QED) is 0.100. The van der Waals surface area contributed by atoms with Crippen LogP contribution in [0.4, 0.5) is 0 Å². The molecule has 11 nitrogen and oxygen atoms in total. The lowest BCUT2D eigenvalue weighted by molar-refractivity contribution is -0.130. The minimum atomic E-state index is -0.888. The van der Waals surface area contributed by atoms with Gasteiger partial charge < -0.3 is 25.8 Å². The highest BCUT2D eigenvalue weighted by Gasteiger charge is 2.27. The average molecular weight is 642 g/mol. The average Bonchev–Trinajstić information content (AvgIpc) is 3.87. The van der Waals surface area contributed by atoms with Crippen LogP contribution in [0.15, 0.2) is 71.3 Å². The van der Waals surface area contributed by atoms with E-state index in [0.29, 0.717) is 5.01 Å². The predicted molar refractivity (Wildman–Crippen MR) is 179 cm³/mol. The number of aromatic amines is 1. The number of hydrogen-bond acceptors (Lipinski definition) is 7. The molecule has 4 aromatic rings. The maximum atomic E-state index is 13.3. The van der Waals surface area contributed by atoms with Crippen molar-refractivity contribution in [2.75, 3.05) is 26.7 Å². The molecular weight excluding hydrogens is 602 g/mol. The second-order valence-electron chi connectivity index (χ2n) is 11.2. The molecule has 1 saturated heterocycles. The summed E-state index contributed by atoms with van der Waals surface area (Å²) in [4.78, 5) is 66.2. The number of para-hydroxylation sites is 1. The fourth-order valence-electron chi connectivity index (χ4n) is 5.67. The van der Waals surface area contributed by atoms with Crippen molar-refractivity contribution in [1.29, 1.82) is 0 Å². The third kappa shape index (κ3) is 8.05. The Balaban J connectivity index is 1.23. The van der Waals surface area contributed by atoms with E-state index < -0.39 is 23.9 Å². The number of rotatable bonds is 13. The highest BCUT2D eigenvalue weighted by molar-refractivity contribution is 7.11. The molecule has 1 aliphatic heterocycles. The first-order valence-corrected chi connectivity index (χ1v) is 16.4. The number of ketones is 1. The molecule has 2 aromatic heterocycles. The summed E-state index contributed by atoms with van der Waals surface area (Å²) in [5, 5.41) is 11.2. The number of amides is 3. The lowest BCUT2D eigenvalue weighted by atomic mass is 10.0. The Morgan fingerprint density at radius 3 is 2.41 bits per heavy atom. The van der Waals surface area contributed by atoms with Crippen LogP contribution in [0, 0.1) is 0 Å². The van der Waals surface area contributed by atoms with Gasteiger partial charge in [-0.1, -0.05) is 49.4 Å². The number of fused-ring (bicyclic) bond motifs is 1. The number of H-pyrrole nitrogens is 1. The van der Waals surface area contributed by atoms with Crippen LogP contribution in [0.1, 0.15) is 52.7 Å². The van der Waals surface area contributed by atoms with Crippen molar-refractivity contribution in [3.63, 3.8) is 0 Å². The van der Waals surface area contributed by atoms with Gasteiger partial charge in [0.15, 0.2) is 5.01 Å². The van der Waals surface area contributed by atoms with Crippen LogP contribution in [-0.2, 0) is 27.2 Å². The maximum Gasteiger partial charge on any atom is 0.243 e. The minimum absolute atomic E-state index is 0.212. The molecule has 12 heteroatoms. The Bertz CT molecular complexity index is 1690. The fourth-order valence-corrected chi connectivity index (χ4v) is 6.30. The van der Waals surface area contributed by atoms with E-state index in [4.69, 9.17) is 0 Å². The van der Waals surface area contributed by atoms with Crippen LogP contribution in [-0.4, -0.2) is 83.0 Å². The van der Waals surface area contributed by atoms with E-state index in [1.54, 1.807) is 25.5 Å². The topological polar surface area (TPSA) is 149 Å². The summed E-state index contributed by atoms with van der Waals surface area (Å²) >= 11 is 1.20. The standard InChI is InChI=1S/C34H39N7O4S/c1-3-29(42)40-28(18-22-10-12-23(13-11-22)32(35-2)41-15-6-7-16-41)33(45)38-21-30(43)39-27(31(44)34-36-14-17-46-34)19-24-20-37-26-9-5-4-8-25(24)26/h4-5,8-14,17,20,27-28,37H,3,6-7,15-16,18-19,21H2,1-2H3,(H,38,45)(H,39,43)(H,40,42). The Kier molecular flexibility index (Phi) is 10.9. The second-order valence-corrected chi connectivity index (χ2v) is 12.1. The summed E-state index contributed by atoms with van der Waals surface area (Å²) in [7, 11) is 1.79. The normalized spacial score (nSPS) is 14.6. The molecule has 3 heterocycles. The number of aliphatic imine (C=N–C) groups is 1. The van der Waals surface area contributed by atoms with E-state index in [1.165, 1.54) is 11.3 Å². The SMILES string of the molecule is CCC(=O)NC(Cc1ccc(C(=NC)N2CCCC2)cc1)C(=O)NCC(=O)NC(Cc1c[nH]c2ccccc12)C(=O)c1nccs1. The zero-order valence-electron chi connectivity index (χ0n) is 26.0. The monoisotopic (exact) mass is 641 g/mol. The molecule has 1 aliphatic rings. The van der Waals surface area contributed by atoms with Crippen molar-refractivity contribution < 1.29 is 19.2 Å². The van der Waals surface area contributed by atoms with Gasteiger partial charge in [0.1, 0.15) is 11.9 Å². The van der Waals surface area contributed by atoms with Crippen LogP contribution in [0.2, 0.25) is 0 Å². The molecule has 46 heavy (non-hydrogen) atoms. The molecule has 0 radical (unpaired) electrons. The molecular formula is C34H39N7O4S. The molecule has 2 atom stereocenters. The van der Waals surface area contributed by atoms with Crippen LogP contribution in [0.25, 0.3) is 10.9 Å². The van der Waals surface area contributed by atoms with Crippen molar-refractivity contribution >= 4 is 51.6 Å². The largest absolute Gasteiger partial charge is 0.361 e. The first kappa shape index (κ1) is 32.6. The van der Waals surface area contributed by atoms with E-state index in [2.05, 4.69) is 35.8 Å². The van der Waals surface area contributed by atoms with Crippen molar-refractivity contribution in [3.05, 3.63) is 88.0 Å². The summed E-state index contributed by atoms with van der Waals surface area (Å²) in [5.41, 5.74) is 3.66. The molecule has 0 bridgehead atoms. The summed E-state index contributed by atoms with van der Waals surface area (Å²) in [5.74, 6) is -0.657. The number of benzene rings is 2. The van der Waals surface area contributed by atoms with Gasteiger partial charge in [-0.25, -0.2) is 4.98 Å². The zero-order chi connectivity index (χ0) is 32.5. The number of likely N-dealkylation sites (tertiary alicyclic amines) is 1. The number of carbonyl (C=O) groups excluding carboxylic acids is 4. The number of amidine groups is 1. The Labute approximate surface area is 271 Å². The van der Waals surface area contributed by atoms with Crippen LogP contribution >= 0.6 is 11.3 Å². The van der Waals surface area contributed by atoms with Gasteiger partial charge in [-0.05, 0) is 30.0 Å². The van der Waals surface area contributed by atoms with Gasteiger partial charge in [0.2, 0.25) is 23.5 Å². The molecule has 2 aromatic carbocycles. The zero-order valence-corrected chi connectivity index (χ0v) is 26.9. The smallest absolute Gasteiger partial charge is 0.243 e. The van der Waals surface area contributed by atoms with Crippen LogP contribution in [0.3, 0.4) is 0 Å². The summed E-state index contributed by atoms with van der Waals surface area (Å²) in [6, 6.07) is 13.8. The molecule has 0 saturated carbocycles. The summed E-state index contributed by atoms with van der Waals surface area (Å²) in [6.45, 7) is 3.31. The van der Waals surface area contributed by atoms with Crippen LogP contribution in [0.5, 0.6) is 0 Å². The van der Waals surface area contributed by atoms with Crippen LogP contribution < -0.4 is 16.0 Å². The van der Waals surface area contributed by atoms with Gasteiger partial charge in [0.05, 0.1) is 12.6 Å². The number of carbonyl (C=O) groups is 4. The fraction of sp³-hybridized carbons (Fsp3) is 0.353. The molecule has 0 aliphatic carbocycles.